The molecule has 22 heavy (non-hydrogen) atoms. The highest BCUT2D eigenvalue weighted by atomic mass is 32.1. The topological polar surface area (TPSA) is 50.4 Å². The summed E-state index contributed by atoms with van der Waals surface area (Å²) in [7, 11) is 0. The lowest BCUT2D eigenvalue weighted by atomic mass is 9.89. The number of benzene rings is 1. The second-order valence-corrected chi connectivity index (χ2v) is 5.81. The zero-order chi connectivity index (χ0) is 15.8. The van der Waals surface area contributed by atoms with Gasteiger partial charge in [-0.05, 0) is 49.3 Å². The Bertz CT molecular complexity index is 522. The summed E-state index contributed by atoms with van der Waals surface area (Å²) >= 11 is 5.20. The van der Waals surface area contributed by atoms with Crippen molar-refractivity contribution in [3.05, 3.63) is 36.9 Å². The van der Waals surface area contributed by atoms with E-state index in [0.29, 0.717) is 11.7 Å². The molecule has 0 saturated heterocycles. The molecule has 1 aliphatic carbocycles. The Morgan fingerprint density at radius 2 is 1.95 bits per heavy atom. The highest BCUT2D eigenvalue weighted by Gasteiger charge is 2.21. The van der Waals surface area contributed by atoms with Gasteiger partial charge in [0.25, 0.3) is 0 Å². The third kappa shape index (κ3) is 5.15. The Morgan fingerprint density at radius 3 is 2.59 bits per heavy atom. The molecule has 2 N–H and O–H groups in total. The first kappa shape index (κ1) is 16.5. The van der Waals surface area contributed by atoms with Crippen molar-refractivity contribution < 1.29 is 9.53 Å². The highest BCUT2D eigenvalue weighted by molar-refractivity contribution is 7.80. The van der Waals surface area contributed by atoms with E-state index in [4.69, 9.17) is 17.0 Å². The number of rotatable bonds is 5. The molecule has 1 aromatic rings. The van der Waals surface area contributed by atoms with E-state index in [1.807, 2.05) is 24.3 Å². The fourth-order valence-corrected chi connectivity index (χ4v) is 2.75. The molecular weight excluding hydrogens is 296 g/mol. The number of hydrogen-bond acceptors (Lipinski definition) is 3. The number of carbonyl (C=O) groups excluding carboxylic acids is 1. The van der Waals surface area contributed by atoms with E-state index in [2.05, 4.69) is 17.2 Å². The summed E-state index contributed by atoms with van der Waals surface area (Å²) in [6, 6.07) is 7.41. The average molecular weight is 318 g/mol. The molecule has 0 radical (unpaired) electrons. The molecule has 2 rings (SSSR count). The molecule has 4 nitrogen and oxygen atoms in total. The van der Waals surface area contributed by atoms with E-state index in [-0.39, 0.29) is 11.8 Å². The van der Waals surface area contributed by atoms with Crippen LogP contribution in [0.5, 0.6) is 5.75 Å². The third-order valence-electron chi connectivity index (χ3n) is 3.69. The fraction of sp³-hybridized carbons (Fsp3) is 0.412. The molecule has 1 aliphatic rings. The molecule has 0 heterocycles. The van der Waals surface area contributed by atoms with Gasteiger partial charge in [0.05, 0.1) is 0 Å². The number of nitrogens with one attached hydrogen (secondary N) is 2. The van der Waals surface area contributed by atoms with Gasteiger partial charge in [-0.1, -0.05) is 31.9 Å². The second kappa shape index (κ2) is 8.54. The molecule has 0 spiro atoms. The molecule has 118 valence electrons. The largest absolute Gasteiger partial charge is 0.490 e. The van der Waals surface area contributed by atoms with Crippen LogP contribution in [0.4, 0.5) is 5.69 Å². The van der Waals surface area contributed by atoms with Gasteiger partial charge >= 0.3 is 0 Å². The molecule has 5 heteroatoms. The van der Waals surface area contributed by atoms with E-state index in [1.165, 1.54) is 6.42 Å². The number of anilines is 1. The Labute approximate surface area is 136 Å². The van der Waals surface area contributed by atoms with Crippen LogP contribution < -0.4 is 15.4 Å². The maximum atomic E-state index is 12.1. The summed E-state index contributed by atoms with van der Waals surface area (Å²) in [4.78, 5) is 12.1. The highest BCUT2D eigenvalue weighted by Crippen LogP contribution is 2.23. The lowest BCUT2D eigenvalue weighted by Crippen LogP contribution is -2.38. The lowest BCUT2D eigenvalue weighted by molar-refractivity contribution is -0.124. The van der Waals surface area contributed by atoms with E-state index in [9.17, 15) is 4.79 Å². The van der Waals surface area contributed by atoms with Crippen molar-refractivity contribution in [2.45, 2.75) is 32.1 Å². The van der Waals surface area contributed by atoms with Gasteiger partial charge < -0.3 is 15.4 Å². The summed E-state index contributed by atoms with van der Waals surface area (Å²) < 4.78 is 5.41. The predicted octanol–water partition coefficient (Wildman–Crippen LogP) is 3.64. The number of amides is 1. The fourth-order valence-electron chi connectivity index (χ4n) is 2.53. The van der Waals surface area contributed by atoms with Crippen LogP contribution in [0.25, 0.3) is 0 Å². The van der Waals surface area contributed by atoms with Gasteiger partial charge in [-0.25, -0.2) is 0 Å². The van der Waals surface area contributed by atoms with E-state index < -0.39 is 0 Å². The minimum absolute atomic E-state index is 0.0307. The molecular formula is C17H22N2O2S. The zero-order valence-electron chi connectivity index (χ0n) is 12.6. The maximum Gasteiger partial charge on any atom is 0.229 e. The van der Waals surface area contributed by atoms with Crippen LogP contribution in [0.15, 0.2) is 36.9 Å². The molecule has 1 amide bonds. The molecule has 0 unspecified atom stereocenters. The Kier molecular flexibility index (Phi) is 6.40. The van der Waals surface area contributed by atoms with Crippen molar-refractivity contribution >= 4 is 28.9 Å². The van der Waals surface area contributed by atoms with Gasteiger partial charge in [0, 0.05) is 11.6 Å². The van der Waals surface area contributed by atoms with Crippen LogP contribution in [0.2, 0.25) is 0 Å². The quantitative estimate of drug-likeness (QED) is 0.643. The summed E-state index contributed by atoms with van der Waals surface area (Å²) in [6.07, 6.45) is 7.11. The predicted molar refractivity (Wildman–Crippen MR) is 93.1 cm³/mol. The van der Waals surface area contributed by atoms with E-state index >= 15 is 0 Å². The normalized spacial score (nSPS) is 14.9. The molecule has 0 bridgehead atoms. The van der Waals surface area contributed by atoms with E-state index in [0.717, 1.165) is 37.1 Å². The Hall–Kier alpha value is -1.88. The first-order valence-electron chi connectivity index (χ1n) is 7.64. The lowest BCUT2D eigenvalue weighted by Gasteiger charge is -2.21. The van der Waals surface area contributed by atoms with Gasteiger partial charge in [-0.15, -0.1) is 0 Å². The molecule has 0 atom stereocenters. The summed E-state index contributed by atoms with van der Waals surface area (Å²) in [5, 5.41) is 6.15. The smallest absolute Gasteiger partial charge is 0.229 e. The van der Waals surface area contributed by atoms with Crippen molar-refractivity contribution in [3.63, 3.8) is 0 Å². The average Bonchev–Trinajstić information content (AvgIpc) is 2.55. The molecule has 0 aromatic heterocycles. The van der Waals surface area contributed by atoms with E-state index in [1.54, 1.807) is 6.08 Å². The standard InChI is InChI=1S/C17H22N2O2S/c1-2-12-21-15-10-8-14(9-11-15)18-17(22)19-16(20)13-6-4-3-5-7-13/h2,8-11,13H,1,3-7,12H2,(H2,18,19,20,22). The Morgan fingerprint density at radius 1 is 1.27 bits per heavy atom. The summed E-state index contributed by atoms with van der Waals surface area (Å²) in [6.45, 7) is 4.08. The first-order valence-corrected chi connectivity index (χ1v) is 8.05. The summed E-state index contributed by atoms with van der Waals surface area (Å²) in [5.41, 5.74) is 0.819. The van der Waals surface area contributed by atoms with Gasteiger partial charge in [0.2, 0.25) is 5.91 Å². The van der Waals surface area contributed by atoms with Crippen molar-refractivity contribution in [3.8, 4) is 5.75 Å². The van der Waals surface area contributed by atoms with Gasteiger partial charge in [0.15, 0.2) is 5.11 Å². The van der Waals surface area contributed by atoms with Gasteiger partial charge in [-0.3, -0.25) is 4.79 Å². The van der Waals surface area contributed by atoms with Gasteiger partial charge in [-0.2, -0.15) is 0 Å². The number of thiocarbonyl (C=S) groups is 1. The number of carbonyl (C=O) groups is 1. The SMILES string of the molecule is C=CCOc1ccc(NC(=S)NC(=O)C2CCCCC2)cc1. The van der Waals surface area contributed by atoms with Crippen LogP contribution in [0, 0.1) is 5.92 Å². The van der Waals surface area contributed by atoms with Gasteiger partial charge in [0.1, 0.15) is 12.4 Å². The monoisotopic (exact) mass is 318 g/mol. The Balaban J connectivity index is 1.80. The number of ether oxygens (including phenoxy) is 1. The number of hydrogen-bond donors (Lipinski definition) is 2. The minimum Gasteiger partial charge on any atom is -0.490 e. The summed E-state index contributed by atoms with van der Waals surface area (Å²) in [5.74, 6) is 0.897. The van der Waals surface area contributed by atoms with Crippen molar-refractivity contribution in [2.24, 2.45) is 5.92 Å². The minimum atomic E-state index is 0.0307. The van der Waals surface area contributed by atoms with Crippen LogP contribution >= 0.6 is 12.2 Å². The molecule has 1 saturated carbocycles. The van der Waals surface area contributed by atoms with Crippen LogP contribution in [0.3, 0.4) is 0 Å². The zero-order valence-corrected chi connectivity index (χ0v) is 13.5. The van der Waals surface area contributed by atoms with Crippen LogP contribution in [0.1, 0.15) is 32.1 Å². The molecule has 0 aliphatic heterocycles. The molecule has 1 aromatic carbocycles. The second-order valence-electron chi connectivity index (χ2n) is 5.40. The van der Waals surface area contributed by atoms with Crippen LogP contribution in [-0.2, 0) is 4.79 Å². The first-order chi connectivity index (χ1) is 10.7. The van der Waals surface area contributed by atoms with Crippen molar-refractivity contribution in [1.82, 2.24) is 5.32 Å². The maximum absolute atomic E-state index is 12.1. The molecule has 1 fully saturated rings. The van der Waals surface area contributed by atoms with Crippen molar-refractivity contribution in [1.29, 1.82) is 0 Å². The van der Waals surface area contributed by atoms with Crippen LogP contribution in [-0.4, -0.2) is 17.6 Å². The third-order valence-corrected chi connectivity index (χ3v) is 3.90. The van der Waals surface area contributed by atoms with Crippen molar-refractivity contribution in [2.75, 3.05) is 11.9 Å².